The van der Waals surface area contributed by atoms with Crippen LogP contribution in [-0.4, -0.2) is 96.7 Å². The second kappa shape index (κ2) is 68.5. The van der Waals surface area contributed by atoms with Gasteiger partial charge in [-0.1, -0.05) is 350 Å². The molecule has 0 spiro atoms. The van der Waals surface area contributed by atoms with Gasteiger partial charge in [-0.15, -0.1) is 0 Å². The maximum atomic E-state index is 13.1. The van der Waals surface area contributed by atoms with E-state index < -0.39 is 97.5 Å². The molecule has 19 heteroatoms. The number of hydrogen-bond donors (Lipinski definition) is 3. The molecule has 5 atom stereocenters. The smallest absolute Gasteiger partial charge is 0.462 e. The summed E-state index contributed by atoms with van der Waals surface area (Å²) in [4.78, 5) is 72.8. The first kappa shape index (κ1) is 95.1. The molecule has 0 bridgehead atoms. The molecule has 0 aromatic rings. The summed E-state index contributed by atoms with van der Waals surface area (Å²) in [7, 11) is -9.91. The summed E-state index contributed by atoms with van der Waals surface area (Å²) in [5.74, 6) is 0.0957. The van der Waals surface area contributed by atoms with Crippen LogP contribution in [0.4, 0.5) is 0 Å². The van der Waals surface area contributed by atoms with Gasteiger partial charge in [0.15, 0.2) is 12.2 Å². The number of aliphatic hydroxyl groups excluding tert-OH is 1. The highest BCUT2D eigenvalue weighted by Crippen LogP contribution is 2.45. The highest BCUT2D eigenvalue weighted by molar-refractivity contribution is 7.47. The van der Waals surface area contributed by atoms with Gasteiger partial charge < -0.3 is 33.8 Å². The van der Waals surface area contributed by atoms with Crippen LogP contribution in [0.15, 0.2) is 0 Å². The normalized spacial score (nSPS) is 14.0. The highest BCUT2D eigenvalue weighted by Gasteiger charge is 2.30. The first-order chi connectivity index (χ1) is 46.7. The van der Waals surface area contributed by atoms with Crippen LogP contribution in [0.5, 0.6) is 0 Å². The molecule has 0 amide bonds. The molecule has 0 rings (SSSR count). The second-order valence-corrected chi connectivity index (χ2v) is 32.4. The quantitative estimate of drug-likeness (QED) is 0.0222. The Kier molecular flexibility index (Phi) is 67.1. The van der Waals surface area contributed by atoms with E-state index in [0.29, 0.717) is 31.6 Å². The van der Waals surface area contributed by atoms with E-state index >= 15 is 0 Å². The lowest BCUT2D eigenvalue weighted by atomic mass is 10.0. The Morgan fingerprint density at radius 1 is 0.278 bits per heavy atom. The predicted molar refractivity (Wildman–Crippen MR) is 395 cm³/mol. The maximum absolute atomic E-state index is 13.1. The molecule has 0 saturated heterocycles. The Morgan fingerprint density at radius 3 is 0.701 bits per heavy atom. The minimum Gasteiger partial charge on any atom is -0.462 e. The van der Waals surface area contributed by atoms with Crippen molar-refractivity contribution < 1.29 is 80.2 Å². The zero-order valence-electron chi connectivity index (χ0n) is 63.5. The summed E-state index contributed by atoms with van der Waals surface area (Å²) in [5, 5.41) is 10.6. The molecule has 0 aromatic carbocycles. The Morgan fingerprint density at radius 2 is 0.474 bits per heavy atom. The average molecular weight is 1420 g/mol. The molecule has 576 valence electrons. The van der Waals surface area contributed by atoms with Gasteiger partial charge in [-0.2, -0.15) is 0 Å². The molecule has 0 heterocycles. The Hall–Kier alpha value is -1.94. The predicted octanol–water partition coefficient (Wildman–Crippen LogP) is 23.0. The van der Waals surface area contributed by atoms with Crippen LogP contribution >= 0.6 is 15.6 Å². The third-order valence-corrected chi connectivity index (χ3v) is 20.0. The molecule has 2 unspecified atom stereocenters. The third-order valence-electron chi connectivity index (χ3n) is 18.1. The van der Waals surface area contributed by atoms with Crippen LogP contribution in [0.3, 0.4) is 0 Å². The number of unbranched alkanes of at least 4 members (excludes halogenated alkanes) is 44. The summed E-state index contributed by atoms with van der Waals surface area (Å²) >= 11 is 0. The zero-order valence-corrected chi connectivity index (χ0v) is 65.3. The van der Waals surface area contributed by atoms with Crippen LogP contribution in [0.25, 0.3) is 0 Å². The minimum absolute atomic E-state index is 0.104. The molecule has 97 heavy (non-hydrogen) atoms. The lowest BCUT2D eigenvalue weighted by Gasteiger charge is -2.21. The standard InChI is InChI=1S/C78H152O17P2/c1-8-9-10-11-12-13-14-15-16-17-18-19-20-21-24-28-31-39-47-54-61-77(82)94-73(65-88-75(80)59-52-45-38-30-27-25-22-23-26-29-35-42-49-56-69(2)3)67-92-96(84,85)90-63-72(79)64-91-97(86,87)93-68-74(66-89-76(81)60-53-46-41-34-37-44-51-58-71(6)7)95-78(83)62-55-48-40-33-32-36-43-50-57-70(4)5/h69-74,79H,8-68H2,1-7H3,(H,84,85)(H,86,87)/t72-,73-,74-/m1/s1. The van der Waals surface area contributed by atoms with Gasteiger partial charge in [-0.05, 0) is 43.4 Å². The van der Waals surface area contributed by atoms with Gasteiger partial charge in [0.2, 0.25) is 0 Å². The topological polar surface area (TPSA) is 237 Å². The van der Waals surface area contributed by atoms with E-state index in [-0.39, 0.29) is 25.7 Å². The summed E-state index contributed by atoms with van der Waals surface area (Å²) < 4.78 is 68.6. The van der Waals surface area contributed by atoms with Crippen LogP contribution in [0, 0.1) is 17.8 Å². The number of carbonyl (C=O) groups excluding carboxylic acids is 4. The number of phosphoric acid groups is 2. The average Bonchev–Trinajstić information content (AvgIpc) is 1.14. The number of phosphoric ester groups is 2. The lowest BCUT2D eigenvalue weighted by molar-refractivity contribution is -0.161. The number of carbonyl (C=O) groups is 4. The van der Waals surface area contributed by atoms with Gasteiger partial charge in [0.05, 0.1) is 26.4 Å². The molecule has 17 nitrogen and oxygen atoms in total. The highest BCUT2D eigenvalue weighted by atomic mass is 31.2. The lowest BCUT2D eigenvalue weighted by Crippen LogP contribution is -2.30. The fraction of sp³-hybridized carbons (Fsp3) is 0.949. The van der Waals surface area contributed by atoms with Gasteiger partial charge in [-0.25, -0.2) is 9.13 Å². The SMILES string of the molecule is CCCCCCCCCCCCCCCCCCCCCCC(=O)O[C@H](COC(=O)CCCCCCCCCCCCCCCC(C)C)COP(=O)(O)OC[C@@H](O)COP(=O)(O)OC[C@@H](COC(=O)CCCCCCCCCC(C)C)OC(=O)CCCCCCCCCCC(C)C. The van der Waals surface area contributed by atoms with Crippen molar-refractivity contribution in [1.29, 1.82) is 0 Å². The maximum Gasteiger partial charge on any atom is 0.472 e. The molecule has 0 aliphatic rings. The minimum atomic E-state index is -4.96. The van der Waals surface area contributed by atoms with Crippen LogP contribution in [0.1, 0.15) is 402 Å². The molecule has 0 fully saturated rings. The molecule has 0 radical (unpaired) electrons. The fourth-order valence-corrected chi connectivity index (χ4v) is 13.5. The number of aliphatic hydroxyl groups is 1. The van der Waals surface area contributed by atoms with E-state index in [1.165, 1.54) is 205 Å². The molecule has 0 aliphatic carbocycles. The van der Waals surface area contributed by atoms with Crippen molar-refractivity contribution in [3.8, 4) is 0 Å². The number of ether oxygens (including phenoxy) is 4. The van der Waals surface area contributed by atoms with E-state index in [2.05, 4.69) is 48.5 Å². The molecular weight excluding hydrogens is 1270 g/mol. The third kappa shape index (κ3) is 72.2. The number of esters is 4. The van der Waals surface area contributed by atoms with Crippen LogP contribution in [-0.2, 0) is 65.4 Å². The first-order valence-electron chi connectivity index (χ1n) is 40.3. The van der Waals surface area contributed by atoms with E-state index in [1.54, 1.807) is 0 Å². The van der Waals surface area contributed by atoms with E-state index in [1.807, 2.05) is 0 Å². The Bertz CT molecular complexity index is 1890. The van der Waals surface area contributed by atoms with Crippen LogP contribution in [0.2, 0.25) is 0 Å². The van der Waals surface area contributed by atoms with Gasteiger partial charge >= 0.3 is 39.5 Å². The van der Waals surface area contributed by atoms with Crippen molar-refractivity contribution in [2.75, 3.05) is 39.6 Å². The van der Waals surface area contributed by atoms with Crippen molar-refractivity contribution in [3.05, 3.63) is 0 Å². The van der Waals surface area contributed by atoms with Crippen molar-refractivity contribution in [2.45, 2.75) is 420 Å². The van der Waals surface area contributed by atoms with Gasteiger partial charge in [0.25, 0.3) is 0 Å². The summed E-state index contributed by atoms with van der Waals surface area (Å²) in [6.45, 7) is 11.8. The fourth-order valence-electron chi connectivity index (χ4n) is 12.0. The second-order valence-electron chi connectivity index (χ2n) is 29.5. The molecular formula is C78H152O17P2. The molecule has 0 aliphatic heterocycles. The van der Waals surface area contributed by atoms with Gasteiger partial charge in [0.1, 0.15) is 19.3 Å². The van der Waals surface area contributed by atoms with Gasteiger partial charge in [0, 0.05) is 25.7 Å². The molecule has 0 saturated carbocycles. The summed E-state index contributed by atoms with van der Waals surface area (Å²) in [5.41, 5.74) is 0. The van der Waals surface area contributed by atoms with E-state index in [9.17, 15) is 43.2 Å². The van der Waals surface area contributed by atoms with Crippen molar-refractivity contribution in [2.24, 2.45) is 17.8 Å². The zero-order chi connectivity index (χ0) is 71.6. The van der Waals surface area contributed by atoms with E-state index in [4.69, 9.17) is 37.0 Å². The molecule has 0 aromatic heterocycles. The monoisotopic (exact) mass is 1420 g/mol. The Labute approximate surface area is 594 Å². The summed E-state index contributed by atoms with van der Waals surface area (Å²) in [6, 6.07) is 0. The van der Waals surface area contributed by atoms with Crippen molar-refractivity contribution in [3.63, 3.8) is 0 Å². The summed E-state index contributed by atoms with van der Waals surface area (Å²) in [6.07, 6.45) is 55.8. The molecule has 3 N–H and O–H groups in total. The van der Waals surface area contributed by atoms with Crippen LogP contribution < -0.4 is 0 Å². The first-order valence-corrected chi connectivity index (χ1v) is 43.3. The largest absolute Gasteiger partial charge is 0.472 e. The number of hydrogen-bond acceptors (Lipinski definition) is 15. The van der Waals surface area contributed by atoms with Crippen molar-refractivity contribution in [1.82, 2.24) is 0 Å². The Balaban J connectivity index is 5.22. The number of rotatable bonds is 76. The van der Waals surface area contributed by atoms with E-state index in [0.717, 1.165) is 108 Å². The van der Waals surface area contributed by atoms with Crippen molar-refractivity contribution >= 4 is 39.5 Å². The van der Waals surface area contributed by atoms with Gasteiger partial charge in [-0.3, -0.25) is 37.3 Å².